The number of hydrogen-bond acceptors (Lipinski definition) is 3. The second kappa shape index (κ2) is 8.98. The molecule has 1 aliphatic heterocycles. The van der Waals surface area contributed by atoms with Gasteiger partial charge in [0.05, 0.1) is 5.56 Å². The van der Waals surface area contributed by atoms with Gasteiger partial charge in [0.1, 0.15) is 0 Å². The first kappa shape index (κ1) is 21.4. The minimum atomic E-state index is -4.62. The molecule has 0 aromatic heterocycles. The van der Waals surface area contributed by atoms with E-state index in [1.807, 2.05) is 12.2 Å². The molecule has 1 unspecified atom stereocenters. The number of amides is 2. The van der Waals surface area contributed by atoms with Crippen molar-refractivity contribution in [3.8, 4) is 0 Å². The smallest absolute Gasteiger partial charge is 0.381 e. The number of benzene rings is 1. The van der Waals surface area contributed by atoms with Gasteiger partial charge in [0.2, 0.25) is 5.91 Å². The van der Waals surface area contributed by atoms with Gasteiger partial charge < -0.3 is 15.0 Å². The maximum Gasteiger partial charge on any atom is 0.416 e. The van der Waals surface area contributed by atoms with Crippen molar-refractivity contribution in [2.45, 2.75) is 44.3 Å². The summed E-state index contributed by atoms with van der Waals surface area (Å²) in [6.07, 6.45) is 2.51. The number of ether oxygens (including phenoxy) is 1. The predicted octanol–water partition coefficient (Wildman–Crippen LogP) is 4.25. The number of nitrogens with zero attached hydrogens (tertiary/aromatic N) is 1. The van der Waals surface area contributed by atoms with Crippen LogP contribution in [0.3, 0.4) is 0 Å². The minimum absolute atomic E-state index is 0.0110. The van der Waals surface area contributed by atoms with Crippen LogP contribution in [0.25, 0.3) is 0 Å². The Kier molecular flexibility index (Phi) is 6.62. The summed E-state index contributed by atoms with van der Waals surface area (Å²) >= 11 is 0. The third-order valence-corrected chi connectivity index (χ3v) is 5.47. The van der Waals surface area contributed by atoms with Gasteiger partial charge in [-0.1, -0.05) is 12.2 Å². The van der Waals surface area contributed by atoms with Gasteiger partial charge in [-0.15, -0.1) is 0 Å². The maximum absolute atomic E-state index is 13.4. The molecule has 1 fully saturated rings. The van der Waals surface area contributed by atoms with E-state index >= 15 is 0 Å². The van der Waals surface area contributed by atoms with Crippen LogP contribution in [0.1, 0.15) is 48.0 Å². The van der Waals surface area contributed by atoms with Crippen LogP contribution in [0.5, 0.6) is 0 Å². The molecule has 0 radical (unpaired) electrons. The van der Waals surface area contributed by atoms with Crippen molar-refractivity contribution in [3.63, 3.8) is 0 Å². The Labute approximate surface area is 167 Å². The molecule has 5 nitrogen and oxygen atoms in total. The molecule has 1 N–H and O–H groups in total. The second-order valence-electron chi connectivity index (χ2n) is 7.53. The summed E-state index contributed by atoms with van der Waals surface area (Å²) < 4.78 is 45.5. The number of halogens is 3. The van der Waals surface area contributed by atoms with Gasteiger partial charge in [0.25, 0.3) is 5.91 Å². The topological polar surface area (TPSA) is 58.6 Å². The van der Waals surface area contributed by atoms with Gasteiger partial charge in [0.15, 0.2) is 0 Å². The van der Waals surface area contributed by atoms with Gasteiger partial charge >= 0.3 is 6.18 Å². The van der Waals surface area contributed by atoms with Crippen molar-refractivity contribution in [3.05, 3.63) is 41.5 Å². The van der Waals surface area contributed by atoms with Gasteiger partial charge in [-0.05, 0) is 50.3 Å². The standard InChI is InChI=1S/C21H25F3N2O3/c1-26(18-7-9-29-10-8-18)20(28)15-11-16(21(22,23)24)13-17(12-15)25-19(27)14-5-3-2-4-6-14/h2-3,11-14,18H,4-10H2,1H3,(H,25,27). The summed E-state index contributed by atoms with van der Waals surface area (Å²) in [5.74, 6) is -1.11. The lowest BCUT2D eigenvalue weighted by Crippen LogP contribution is -2.40. The fourth-order valence-electron chi connectivity index (χ4n) is 3.70. The Hall–Kier alpha value is -2.35. The zero-order chi connectivity index (χ0) is 21.0. The Bertz CT molecular complexity index is 786. The van der Waals surface area contributed by atoms with E-state index in [1.54, 1.807) is 7.05 Å². The van der Waals surface area contributed by atoms with Crippen molar-refractivity contribution in [2.24, 2.45) is 5.92 Å². The highest BCUT2D eigenvalue weighted by atomic mass is 19.4. The molecule has 3 rings (SSSR count). The third-order valence-electron chi connectivity index (χ3n) is 5.47. The van der Waals surface area contributed by atoms with Gasteiger partial charge in [0, 0.05) is 43.5 Å². The third kappa shape index (κ3) is 5.38. The molecular weight excluding hydrogens is 385 g/mol. The van der Waals surface area contributed by atoms with Crippen molar-refractivity contribution in [1.82, 2.24) is 4.90 Å². The number of alkyl halides is 3. The van der Waals surface area contributed by atoms with Gasteiger partial charge in [-0.25, -0.2) is 0 Å². The zero-order valence-corrected chi connectivity index (χ0v) is 16.3. The first-order valence-electron chi connectivity index (χ1n) is 9.79. The fraction of sp³-hybridized carbons (Fsp3) is 0.524. The van der Waals surface area contributed by atoms with E-state index in [2.05, 4.69) is 5.32 Å². The van der Waals surface area contributed by atoms with E-state index in [-0.39, 0.29) is 29.1 Å². The Morgan fingerprint density at radius 2 is 1.83 bits per heavy atom. The molecule has 0 bridgehead atoms. The monoisotopic (exact) mass is 410 g/mol. The average molecular weight is 410 g/mol. The maximum atomic E-state index is 13.4. The highest BCUT2D eigenvalue weighted by Crippen LogP contribution is 2.33. The number of carbonyl (C=O) groups is 2. The molecule has 1 aliphatic carbocycles. The van der Waals surface area contributed by atoms with Crippen molar-refractivity contribution < 1.29 is 27.5 Å². The van der Waals surface area contributed by atoms with E-state index in [0.717, 1.165) is 18.6 Å². The zero-order valence-electron chi connectivity index (χ0n) is 16.3. The second-order valence-corrected chi connectivity index (χ2v) is 7.53. The summed E-state index contributed by atoms with van der Waals surface area (Å²) in [6, 6.07) is 2.96. The molecule has 1 aromatic carbocycles. The van der Waals surface area contributed by atoms with Crippen LogP contribution in [0, 0.1) is 5.92 Å². The normalized spacial score (nSPS) is 20.3. The predicted molar refractivity (Wildman–Crippen MR) is 102 cm³/mol. The quantitative estimate of drug-likeness (QED) is 0.755. The molecule has 1 aromatic rings. The van der Waals surface area contributed by atoms with Crippen LogP contribution >= 0.6 is 0 Å². The summed E-state index contributed by atoms with van der Waals surface area (Å²) in [5, 5.41) is 2.57. The van der Waals surface area contributed by atoms with Crippen molar-refractivity contribution in [2.75, 3.05) is 25.6 Å². The molecule has 2 aliphatic rings. The minimum Gasteiger partial charge on any atom is -0.381 e. The first-order chi connectivity index (χ1) is 13.8. The Morgan fingerprint density at radius 1 is 1.10 bits per heavy atom. The molecular formula is C21H25F3N2O3. The molecule has 158 valence electrons. The lowest BCUT2D eigenvalue weighted by molar-refractivity contribution is -0.137. The van der Waals surface area contributed by atoms with E-state index in [1.165, 1.54) is 11.0 Å². The summed E-state index contributed by atoms with van der Waals surface area (Å²) in [5.41, 5.74) is -1.06. The molecule has 1 atom stereocenters. The molecule has 2 amide bonds. The van der Waals surface area contributed by atoms with Crippen molar-refractivity contribution >= 4 is 17.5 Å². The molecule has 29 heavy (non-hydrogen) atoms. The summed E-state index contributed by atoms with van der Waals surface area (Å²) in [4.78, 5) is 26.8. The first-order valence-corrected chi connectivity index (χ1v) is 9.79. The molecule has 0 saturated carbocycles. The lowest BCUT2D eigenvalue weighted by Gasteiger charge is -2.31. The van der Waals surface area contributed by atoms with Crippen LogP contribution in [0.4, 0.5) is 18.9 Å². The molecule has 1 saturated heterocycles. The Balaban J connectivity index is 1.84. The molecule has 1 heterocycles. The molecule has 0 spiro atoms. The van der Waals surface area contributed by atoms with Crippen LogP contribution < -0.4 is 5.32 Å². The summed E-state index contributed by atoms with van der Waals surface area (Å²) in [6.45, 7) is 1.03. The summed E-state index contributed by atoms with van der Waals surface area (Å²) in [7, 11) is 1.59. The van der Waals surface area contributed by atoms with E-state index in [4.69, 9.17) is 4.74 Å². The SMILES string of the molecule is CN(C(=O)c1cc(NC(=O)C2CC=CCC2)cc(C(F)(F)F)c1)C1CCOCC1. The Morgan fingerprint density at radius 3 is 2.45 bits per heavy atom. The van der Waals surface area contributed by atoms with E-state index in [9.17, 15) is 22.8 Å². The van der Waals surface area contributed by atoms with Crippen LogP contribution in [0.2, 0.25) is 0 Å². The highest BCUT2D eigenvalue weighted by Gasteiger charge is 2.33. The number of anilines is 1. The van der Waals surface area contributed by atoms with Gasteiger partial charge in [-0.2, -0.15) is 13.2 Å². The van der Waals surface area contributed by atoms with E-state index < -0.39 is 17.6 Å². The van der Waals surface area contributed by atoms with Crippen LogP contribution in [-0.2, 0) is 15.7 Å². The van der Waals surface area contributed by atoms with E-state index in [0.29, 0.717) is 38.9 Å². The molecule has 8 heteroatoms. The van der Waals surface area contributed by atoms with Gasteiger partial charge in [-0.3, -0.25) is 9.59 Å². The van der Waals surface area contributed by atoms with Crippen molar-refractivity contribution in [1.29, 1.82) is 0 Å². The van der Waals surface area contributed by atoms with Crippen LogP contribution in [0.15, 0.2) is 30.4 Å². The number of rotatable bonds is 4. The van der Waals surface area contributed by atoms with Crippen LogP contribution in [-0.4, -0.2) is 43.0 Å². The largest absolute Gasteiger partial charge is 0.416 e. The number of carbonyl (C=O) groups excluding carboxylic acids is 2. The fourth-order valence-corrected chi connectivity index (χ4v) is 3.70. The number of hydrogen-bond donors (Lipinski definition) is 1. The average Bonchev–Trinajstić information content (AvgIpc) is 2.73. The lowest BCUT2D eigenvalue weighted by atomic mass is 9.93. The highest BCUT2D eigenvalue weighted by molar-refractivity contribution is 5.98. The number of allylic oxidation sites excluding steroid dienone is 2. The number of nitrogens with one attached hydrogen (secondary N) is 1.